The molecular weight excluding hydrogens is 368 g/mol. The van der Waals surface area contributed by atoms with Gasteiger partial charge in [0, 0.05) is 0 Å². The summed E-state index contributed by atoms with van der Waals surface area (Å²) in [6.07, 6.45) is 0.741. The van der Waals surface area contributed by atoms with Gasteiger partial charge in [0.25, 0.3) is 5.91 Å². The highest BCUT2D eigenvalue weighted by molar-refractivity contribution is 5.85. The van der Waals surface area contributed by atoms with Gasteiger partial charge in [0.1, 0.15) is 5.75 Å². The number of rotatable bonds is 7. The van der Waals surface area contributed by atoms with Crippen LogP contribution in [0.4, 0.5) is 0 Å². The van der Waals surface area contributed by atoms with Crippen LogP contribution in [0.2, 0.25) is 0 Å². The van der Waals surface area contributed by atoms with Crippen LogP contribution in [0.1, 0.15) is 12.5 Å². The van der Waals surface area contributed by atoms with Crippen molar-refractivity contribution < 1.29 is 19.4 Å². The lowest BCUT2D eigenvalue weighted by atomic mass is 10.1. The summed E-state index contributed by atoms with van der Waals surface area (Å²) in [6.45, 7) is 1.65. The number of ether oxygens (including phenoxy) is 2. The molecule has 3 rings (SSSR count). The van der Waals surface area contributed by atoms with E-state index in [0.717, 1.165) is 11.1 Å². The molecular formula is C23H22N2O4. The first-order valence-corrected chi connectivity index (χ1v) is 9.09. The summed E-state index contributed by atoms with van der Waals surface area (Å²) in [5.74, 6) is 0.587. The van der Waals surface area contributed by atoms with Gasteiger partial charge in [0.15, 0.2) is 17.6 Å². The summed E-state index contributed by atoms with van der Waals surface area (Å²) in [6, 6.07) is 22.3. The summed E-state index contributed by atoms with van der Waals surface area (Å²) in [5, 5.41) is 13.5. The SMILES string of the molecule is COc1cc(/C=N/NC(=O)C(C)Oc2ccc(-c3ccccc3)cc2)ccc1O. The molecule has 0 saturated heterocycles. The van der Waals surface area contributed by atoms with Gasteiger partial charge in [0.05, 0.1) is 13.3 Å². The Balaban J connectivity index is 1.55. The topological polar surface area (TPSA) is 80.2 Å². The molecule has 0 fully saturated rings. The van der Waals surface area contributed by atoms with Gasteiger partial charge in [-0.2, -0.15) is 5.10 Å². The number of nitrogens with zero attached hydrogens (tertiary/aromatic N) is 1. The van der Waals surface area contributed by atoms with Crippen molar-refractivity contribution in [2.75, 3.05) is 7.11 Å². The summed E-state index contributed by atoms with van der Waals surface area (Å²) in [4.78, 5) is 12.2. The Morgan fingerprint density at radius 3 is 2.41 bits per heavy atom. The number of hydrazone groups is 1. The van der Waals surface area contributed by atoms with Gasteiger partial charge in [-0.3, -0.25) is 4.79 Å². The average Bonchev–Trinajstić information content (AvgIpc) is 2.76. The Morgan fingerprint density at radius 1 is 1.03 bits per heavy atom. The first-order chi connectivity index (χ1) is 14.1. The number of nitrogens with one attached hydrogen (secondary N) is 1. The fraction of sp³-hybridized carbons (Fsp3) is 0.130. The molecule has 0 aromatic heterocycles. The zero-order chi connectivity index (χ0) is 20.6. The van der Waals surface area contributed by atoms with Crippen molar-refractivity contribution in [2.24, 2.45) is 5.10 Å². The van der Waals surface area contributed by atoms with Crippen LogP contribution < -0.4 is 14.9 Å². The van der Waals surface area contributed by atoms with E-state index in [0.29, 0.717) is 17.1 Å². The number of benzene rings is 3. The number of carbonyl (C=O) groups excluding carboxylic acids is 1. The number of amides is 1. The summed E-state index contributed by atoms with van der Waals surface area (Å²) < 4.78 is 10.7. The molecule has 0 bridgehead atoms. The molecule has 1 atom stereocenters. The van der Waals surface area contributed by atoms with Crippen LogP contribution in [0, 0.1) is 0 Å². The van der Waals surface area contributed by atoms with Crippen molar-refractivity contribution in [3.63, 3.8) is 0 Å². The van der Waals surface area contributed by atoms with Crippen LogP contribution in [0.5, 0.6) is 17.2 Å². The lowest BCUT2D eigenvalue weighted by molar-refractivity contribution is -0.127. The third-order valence-corrected chi connectivity index (χ3v) is 4.24. The van der Waals surface area contributed by atoms with Crippen LogP contribution >= 0.6 is 0 Å². The Kier molecular flexibility index (Phi) is 6.47. The second kappa shape index (κ2) is 9.41. The number of hydrogen-bond acceptors (Lipinski definition) is 5. The summed E-state index contributed by atoms with van der Waals surface area (Å²) in [7, 11) is 1.46. The fourth-order valence-corrected chi connectivity index (χ4v) is 2.65. The van der Waals surface area contributed by atoms with Crippen LogP contribution in [0.3, 0.4) is 0 Å². The maximum absolute atomic E-state index is 12.2. The molecule has 148 valence electrons. The van der Waals surface area contributed by atoms with E-state index in [9.17, 15) is 9.90 Å². The first kappa shape index (κ1) is 19.9. The van der Waals surface area contributed by atoms with Gasteiger partial charge in [0.2, 0.25) is 0 Å². The molecule has 0 aliphatic heterocycles. The fourth-order valence-electron chi connectivity index (χ4n) is 2.65. The smallest absolute Gasteiger partial charge is 0.280 e. The van der Waals surface area contributed by atoms with Gasteiger partial charge in [-0.1, -0.05) is 42.5 Å². The van der Waals surface area contributed by atoms with Crippen LogP contribution in [-0.2, 0) is 4.79 Å². The Bertz CT molecular complexity index is 986. The minimum atomic E-state index is -0.718. The molecule has 0 saturated carbocycles. The highest BCUT2D eigenvalue weighted by Crippen LogP contribution is 2.25. The number of methoxy groups -OCH3 is 1. The zero-order valence-electron chi connectivity index (χ0n) is 16.2. The third-order valence-electron chi connectivity index (χ3n) is 4.24. The second-order valence-corrected chi connectivity index (χ2v) is 6.32. The zero-order valence-corrected chi connectivity index (χ0v) is 16.2. The molecule has 1 unspecified atom stereocenters. The molecule has 1 amide bonds. The van der Waals surface area contributed by atoms with E-state index in [2.05, 4.69) is 10.5 Å². The van der Waals surface area contributed by atoms with Crippen molar-refractivity contribution in [3.05, 3.63) is 78.4 Å². The maximum Gasteiger partial charge on any atom is 0.280 e. The van der Waals surface area contributed by atoms with Crippen LogP contribution in [-0.4, -0.2) is 30.4 Å². The van der Waals surface area contributed by atoms with Gasteiger partial charge in [-0.15, -0.1) is 0 Å². The molecule has 0 spiro atoms. The molecule has 3 aromatic rings. The standard InChI is InChI=1S/C23H22N2O4/c1-16(23(27)25-24-15-17-8-13-21(26)22(14-17)28-2)29-20-11-9-19(10-12-20)18-6-4-3-5-7-18/h3-16,26H,1-2H3,(H,25,27)/b24-15+. The average molecular weight is 390 g/mol. The van der Waals surface area contributed by atoms with E-state index in [-0.39, 0.29) is 11.7 Å². The predicted molar refractivity (Wildman–Crippen MR) is 112 cm³/mol. The number of phenolic OH excluding ortho intramolecular Hbond substituents is 1. The van der Waals surface area contributed by atoms with E-state index >= 15 is 0 Å². The number of aromatic hydroxyl groups is 1. The molecule has 2 N–H and O–H groups in total. The van der Waals surface area contributed by atoms with E-state index in [1.165, 1.54) is 19.4 Å². The molecule has 0 radical (unpaired) electrons. The monoisotopic (exact) mass is 390 g/mol. The Morgan fingerprint density at radius 2 is 1.72 bits per heavy atom. The molecule has 6 heteroatoms. The van der Waals surface area contributed by atoms with Gasteiger partial charge >= 0.3 is 0 Å². The highest BCUT2D eigenvalue weighted by atomic mass is 16.5. The minimum absolute atomic E-state index is 0.0361. The molecule has 3 aromatic carbocycles. The summed E-state index contributed by atoms with van der Waals surface area (Å²) >= 11 is 0. The lowest BCUT2D eigenvalue weighted by Crippen LogP contribution is -2.33. The van der Waals surface area contributed by atoms with Crippen molar-refractivity contribution in [3.8, 4) is 28.4 Å². The quantitative estimate of drug-likeness (QED) is 0.472. The van der Waals surface area contributed by atoms with Crippen molar-refractivity contribution in [2.45, 2.75) is 13.0 Å². The molecule has 0 heterocycles. The van der Waals surface area contributed by atoms with Crippen molar-refractivity contribution in [1.82, 2.24) is 5.43 Å². The Hall–Kier alpha value is -3.80. The molecule has 0 aliphatic carbocycles. The highest BCUT2D eigenvalue weighted by Gasteiger charge is 2.14. The van der Waals surface area contributed by atoms with Gasteiger partial charge < -0.3 is 14.6 Å². The third kappa shape index (κ3) is 5.35. The van der Waals surface area contributed by atoms with Crippen LogP contribution in [0.15, 0.2) is 77.9 Å². The van der Waals surface area contributed by atoms with E-state index in [4.69, 9.17) is 9.47 Å². The number of carbonyl (C=O) groups is 1. The largest absolute Gasteiger partial charge is 0.504 e. The normalized spacial score (nSPS) is 11.8. The second-order valence-electron chi connectivity index (χ2n) is 6.32. The van der Waals surface area contributed by atoms with Crippen molar-refractivity contribution in [1.29, 1.82) is 0 Å². The molecule has 29 heavy (non-hydrogen) atoms. The number of hydrogen-bond donors (Lipinski definition) is 2. The predicted octanol–water partition coefficient (Wildman–Crippen LogP) is 3.99. The van der Waals surface area contributed by atoms with E-state index < -0.39 is 6.10 Å². The van der Waals surface area contributed by atoms with E-state index in [1.807, 2.05) is 54.6 Å². The first-order valence-electron chi connectivity index (χ1n) is 9.09. The van der Waals surface area contributed by atoms with Crippen LogP contribution in [0.25, 0.3) is 11.1 Å². The van der Waals surface area contributed by atoms with Gasteiger partial charge in [-0.25, -0.2) is 5.43 Å². The Labute approximate surface area is 169 Å². The van der Waals surface area contributed by atoms with Crippen molar-refractivity contribution >= 4 is 12.1 Å². The molecule has 6 nitrogen and oxygen atoms in total. The molecule has 0 aliphatic rings. The maximum atomic E-state index is 12.2. The van der Waals surface area contributed by atoms with E-state index in [1.54, 1.807) is 19.1 Å². The van der Waals surface area contributed by atoms with Gasteiger partial charge in [-0.05, 0) is 53.9 Å². The lowest BCUT2D eigenvalue weighted by Gasteiger charge is -2.13. The minimum Gasteiger partial charge on any atom is -0.504 e. The number of phenols is 1. The summed E-state index contributed by atoms with van der Waals surface area (Å²) in [5.41, 5.74) is 5.30.